The Morgan fingerprint density at radius 2 is 1.02 bits per heavy atom. The lowest BCUT2D eigenvalue weighted by molar-refractivity contribution is 1.29. The quantitative estimate of drug-likeness (QED) is 0.143. The van der Waals surface area contributed by atoms with E-state index in [9.17, 15) is 0 Å². The van der Waals surface area contributed by atoms with Crippen LogP contribution in [-0.4, -0.2) is 6.71 Å². The molecule has 0 fully saturated rings. The van der Waals surface area contributed by atoms with Crippen LogP contribution in [0.4, 0.5) is 34.1 Å². The third kappa shape index (κ3) is 3.73. The minimum Gasteiger partial charge on any atom is -0.311 e. The van der Waals surface area contributed by atoms with Crippen LogP contribution < -0.4 is 26.2 Å². The van der Waals surface area contributed by atoms with Crippen molar-refractivity contribution in [1.29, 1.82) is 0 Å². The molecule has 11 rings (SSSR count). The second-order valence-electron chi connectivity index (χ2n) is 13.3. The molecule has 0 atom stereocenters. The summed E-state index contributed by atoms with van der Waals surface area (Å²) < 4.78 is 0. The van der Waals surface area contributed by atoms with E-state index >= 15 is 0 Å². The maximum atomic E-state index is 2.53. The summed E-state index contributed by atoms with van der Waals surface area (Å²) in [5, 5.41) is 7.84. The number of hydrogen-bond acceptors (Lipinski definition) is 2. The van der Waals surface area contributed by atoms with Crippen molar-refractivity contribution in [2.45, 2.75) is 0 Å². The minimum absolute atomic E-state index is 0.171. The Kier molecular flexibility index (Phi) is 5.50. The van der Waals surface area contributed by atoms with Crippen molar-refractivity contribution in [3.8, 4) is 11.1 Å². The SMILES string of the molecule is c1ccc(N(c2ccccc2)c2ccc3c(c2)-c2cccc4c2B3c2ccccc2N4c2ccc3ccc4cccc5ccc2c3c45)cc1. The molecule has 9 aromatic carbocycles. The van der Waals surface area contributed by atoms with E-state index < -0.39 is 0 Å². The van der Waals surface area contributed by atoms with Crippen LogP contribution in [-0.2, 0) is 0 Å². The topological polar surface area (TPSA) is 6.48 Å². The highest BCUT2D eigenvalue weighted by Crippen LogP contribution is 2.46. The monoisotopic (exact) mass is 620 g/mol. The molecule has 0 saturated carbocycles. The van der Waals surface area contributed by atoms with Gasteiger partial charge in [-0.3, -0.25) is 0 Å². The van der Waals surface area contributed by atoms with Crippen LogP contribution in [0.2, 0.25) is 0 Å². The van der Waals surface area contributed by atoms with Crippen LogP contribution in [0.15, 0.2) is 176 Å². The zero-order valence-corrected chi connectivity index (χ0v) is 26.7. The molecule has 9 aromatic rings. The predicted octanol–water partition coefficient (Wildman–Crippen LogP) is 10.3. The Hall–Kier alpha value is -6.32. The summed E-state index contributed by atoms with van der Waals surface area (Å²) in [7, 11) is 0. The number of fused-ring (bicyclic) bond motifs is 5. The van der Waals surface area contributed by atoms with Gasteiger partial charge in [0, 0.05) is 33.8 Å². The van der Waals surface area contributed by atoms with Gasteiger partial charge in [0.2, 0.25) is 6.71 Å². The molecule has 0 aliphatic carbocycles. The first-order chi connectivity index (χ1) is 24.3. The van der Waals surface area contributed by atoms with Crippen molar-refractivity contribution >= 4 is 89.5 Å². The van der Waals surface area contributed by atoms with Gasteiger partial charge in [0.05, 0.1) is 5.69 Å². The Labute approximate surface area is 285 Å². The van der Waals surface area contributed by atoms with E-state index in [0.29, 0.717) is 0 Å². The first-order valence-corrected chi connectivity index (χ1v) is 17.1. The fourth-order valence-electron chi connectivity index (χ4n) is 8.77. The Morgan fingerprint density at radius 1 is 0.388 bits per heavy atom. The van der Waals surface area contributed by atoms with Crippen LogP contribution in [0.25, 0.3) is 43.4 Å². The van der Waals surface area contributed by atoms with Crippen molar-refractivity contribution in [1.82, 2.24) is 0 Å². The third-order valence-corrected chi connectivity index (χ3v) is 10.8. The molecule has 0 aromatic heterocycles. The lowest BCUT2D eigenvalue weighted by Gasteiger charge is -2.36. The molecular weight excluding hydrogens is 591 g/mol. The molecule has 0 bridgehead atoms. The molecule has 2 nitrogen and oxygen atoms in total. The third-order valence-electron chi connectivity index (χ3n) is 10.8. The summed E-state index contributed by atoms with van der Waals surface area (Å²) >= 11 is 0. The smallest absolute Gasteiger partial charge is 0.248 e. The van der Waals surface area contributed by atoms with Crippen LogP contribution >= 0.6 is 0 Å². The average Bonchev–Trinajstić information content (AvgIpc) is 3.50. The Balaban J connectivity index is 1.15. The predicted molar refractivity (Wildman–Crippen MR) is 210 cm³/mol. The fourth-order valence-corrected chi connectivity index (χ4v) is 8.77. The van der Waals surface area contributed by atoms with Crippen LogP contribution in [0.5, 0.6) is 0 Å². The largest absolute Gasteiger partial charge is 0.311 e. The number of nitrogens with zero attached hydrogens (tertiary/aromatic N) is 2. The van der Waals surface area contributed by atoms with Crippen LogP contribution in [0.1, 0.15) is 0 Å². The zero-order valence-electron chi connectivity index (χ0n) is 26.7. The summed E-state index contributed by atoms with van der Waals surface area (Å²) in [6, 6.07) is 64.8. The van der Waals surface area contributed by atoms with E-state index in [1.807, 2.05) is 0 Å². The maximum Gasteiger partial charge on any atom is 0.248 e. The van der Waals surface area contributed by atoms with Gasteiger partial charge < -0.3 is 9.80 Å². The summed E-state index contributed by atoms with van der Waals surface area (Å²) in [5.41, 5.74) is 13.9. The molecule has 49 heavy (non-hydrogen) atoms. The Bertz CT molecular complexity index is 2680. The lowest BCUT2D eigenvalue weighted by atomic mass is 9.37. The fraction of sp³-hybridized carbons (Fsp3) is 0. The van der Waals surface area contributed by atoms with E-state index in [4.69, 9.17) is 0 Å². The summed E-state index contributed by atoms with van der Waals surface area (Å²) in [4.78, 5) is 4.89. The Morgan fingerprint density at radius 3 is 1.80 bits per heavy atom. The normalized spacial score (nSPS) is 12.8. The van der Waals surface area contributed by atoms with Gasteiger partial charge in [-0.25, -0.2) is 0 Å². The second-order valence-corrected chi connectivity index (χ2v) is 13.3. The van der Waals surface area contributed by atoms with Crippen molar-refractivity contribution in [2.75, 3.05) is 9.80 Å². The van der Waals surface area contributed by atoms with E-state index in [2.05, 4.69) is 186 Å². The van der Waals surface area contributed by atoms with E-state index in [-0.39, 0.29) is 6.71 Å². The van der Waals surface area contributed by atoms with Crippen molar-refractivity contribution in [3.63, 3.8) is 0 Å². The minimum atomic E-state index is 0.171. The molecule has 3 heteroatoms. The number of rotatable bonds is 4. The van der Waals surface area contributed by atoms with Gasteiger partial charge in [-0.2, -0.15) is 0 Å². The zero-order chi connectivity index (χ0) is 32.1. The summed E-state index contributed by atoms with van der Waals surface area (Å²) in [6.45, 7) is 0.171. The average molecular weight is 621 g/mol. The van der Waals surface area contributed by atoms with Gasteiger partial charge in [-0.1, -0.05) is 127 Å². The van der Waals surface area contributed by atoms with E-state index in [1.54, 1.807) is 0 Å². The van der Waals surface area contributed by atoms with Gasteiger partial charge in [-0.15, -0.1) is 0 Å². The van der Waals surface area contributed by atoms with Gasteiger partial charge in [0.15, 0.2) is 0 Å². The number of benzene rings is 9. The van der Waals surface area contributed by atoms with Gasteiger partial charge >= 0.3 is 0 Å². The maximum absolute atomic E-state index is 2.53. The molecular formula is C46H29BN2. The molecule has 0 saturated heterocycles. The number of para-hydroxylation sites is 3. The second kappa shape index (κ2) is 10.1. The lowest BCUT2D eigenvalue weighted by Crippen LogP contribution is -2.54. The highest BCUT2D eigenvalue weighted by Gasteiger charge is 2.42. The molecule has 0 amide bonds. The van der Waals surface area contributed by atoms with Gasteiger partial charge in [-0.05, 0) is 104 Å². The number of hydrogen-bond donors (Lipinski definition) is 0. The molecule has 2 heterocycles. The van der Waals surface area contributed by atoms with E-state index in [1.165, 1.54) is 76.9 Å². The van der Waals surface area contributed by atoms with Gasteiger partial charge in [0.25, 0.3) is 0 Å². The molecule has 0 radical (unpaired) electrons. The summed E-state index contributed by atoms with van der Waals surface area (Å²) in [6.07, 6.45) is 0. The van der Waals surface area contributed by atoms with Crippen molar-refractivity contribution in [2.24, 2.45) is 0 Å². The highest BCUT2D eigenvalue weighted by atomic mass is 15.2. The molecule has 2 aliphatic heterocycles. The first kappa shape index (κ1) is 26.7. The first-order valence-electron chi connectivity index (χ1n) is 17.1. The standard InChI is InChI=1S/C46H29BN2/c1-3-13-33(14-4-1)48(34-15-5-2-6-16-34)35-25-27-39-38(29-35)36-17-10-20-43-46(36)47(39)40-18-7-8-19-42(40)49(43)41-28-24-32-22-21-30-11-9-12-31-23-26-37(41)45(32)44(30)31/h1-29H. The molecule has 226 valence electrons. The van der Waals surface area contributed by atoms with Crippen LogP contribution in [0.3, 0.4) is 0 Å². The highest BCUT2D eigenvalue weighted by molar-refractivity contribution is 7.01. The van der Waals surface area contributed by atoms with Crippen molar-refractivity contribution in [3.05, 3.63) is 176 Å². The molecule has 0 unspecified atom stereocenters. The summed E-state index contributed by atoms with van der Waals surface area (Å²) in [5.74, 6) is 0. The van der Waals surface area contributed by atoms with Crippen molar-refractivity contribution < 1.29 is 0 Å². The van der Waals surface area contributed by atoms with Crippen LogP contribution in [0, 0.1) is 0 Å². The number of anilines is 6. The van der Waals surface area contributed by atoms with E-state index in [0.717, 1.165) is 17.1 Å². The molecule has 0 N–H and O–H groups in total. The molecule has 2 aliphatic rings. The van der Waals surface area contributed by atoms with Gasteiger partial charge in [0.1, 0.15) is 0 Å². The molecule has 0 spiro atoms.